The molecule has 0 aromatic carbocycles. The molecule has 3 heterocycles. The fraction of sp³-hybridized carbons (Fsp3) is 0.714. The van der Waals surface area contributed by atoms with Gasteiger partial charge in [0, 0.05) is 24.1 Å². The molecule has 4 rings (SSSR count). The van der Waals surface area contributed by atoms with Crippen LogP contribution in [0.2, 0.25) is 0 Å². The summed E-state index contributed by atoms with van der Waals surface area (Å²) in [6.07, 6.45) is 9.79. The van der Waals surface area contributed by atoms with Crippen LogP contribution in [0.15, 0.2) is 6.33 Å². The molecule has 2 aromatic heterocycles. The topological polar surface area (TPSA) is 49.2 Å². The molecule has 0 amide bonds. The zero-order valence-corrected chi connectivity index (χ0v) is 17.1. The Labute approximate surface area is 160 Å². The fourth-order valence-corrected chi connectivity index (χ4v) is 6.04. The molecule has 0 spiro atoms. The smallest absolute Gasteiger partial charge is 0.141 e. The number of hydrogen-bond donors (Lipinski definition) is 1. The summed E-state index contributed by atoms with van der Waals surface area (Å²) in [5.41, 5.74) is 1.87. The van der Waals surface area contributed by atoms with Crippen molar-refractivity contribution in [2.24, 2.45) is 11.3 Å². The number of aryl methyl sites for hydroxylation is 1. The normalized spacial score (nSPS) is 24.1. The number of aromatic nitrogens is 2. The SMILES string of the molecule is CC(C)(C)C1CCc2c(sc3ncnc(N4CCCCC4CCO)c23)C1. The molecule has 1 saturated heterocycles. The zero-order chi connectivity index (χ0) is 18.3. The summed E-state index contributed by atoms with van der Waals surface area (Å²) in [5, 5.41) is 10.8. The van der Waals surface area contributed by atoms with Crippen LogP contribution in [-0.2, 0) is 12.8 Å². The lowest BCUT2D eigenvalue weighted by Gasteiger charge is -2.37. The number of fused-ring (bicyclic) bond motifs is 3. The highest BCUT2D eigenvalue weighted by molar-refractivity contribution is 7.19. The predicted molar refractivity (Wildman–Crippen MR) is 109 cm³/mol. The van der Waals surface area contributed by atoms with Crippen LogP contribution >= 0.6 is 11.3 Å². The maximum atomic E-state index is 9.50. The van der Waals surface area contributed by atoms with Crippen molar-refractivity contribution in [3.05, 3.63) is 16.8 Å². The third-order valence-electron chi connectivity index (χ3n) is 6.41. The molecule has 2 atom stereocenters. The molecule has 2 unspecified atom stereocenters. The van der Waals surface area contributed by atoms with E-state index in [1.54, 1.807) is 6.33 Å². The first kappa shape index (κ1) is 18.2. The number of aliphatic hydroxyl groups is 1. The summed E-state index contributed by atoms with van der Waals surface area (Å²) < 4.78 is 0. The molecular weight excluding hydrogens is 342 g/mol. The van der Waals surface area contributed by atoms with Crippen molar-refractivity contribution in [1.29, 1.82) is 0 Å². The van der Waals surface area contributed by atoms with Gasteiger partial charge in [0.25, 0.3) is 0 Å². The number of thiophene rings is 1. The van der Waals surface area contributed by atoms with E-state index >= 15 is 0 Å². The molecule has 1 fully saturated rings. The molecule has 0 radical (unpaired) electrons. The summed E-state index contributed by atoms with van der Waals surface area (Å²) in [6, 6.07) is 0.410. The Hall–Kier alpha value is -1.20. The first-order valence-electron chi connectivity index (χ1n) is 10.1. The average Bonchev–Trinajstić information content (AvgIpc) is 2.99. The van der Waals surface area contributed by atoms with Gasteiger partial charge < -0.3 is 10.0 Å². The number of nitrogens with zero attached hydrogens (tertiary/aromatic N) is 3. The van der Waals surface area contributed by atoms with Crippen LogP contribution in [0.4, 0.5) is 5.82 Å². The lowest BCUT2D eigenvalue weighted by Crippen LogP contribution is -2.40. The Morgan fingerprint density at radius 1 is 1.23 bits per heavy atom. The standard InChI is InChI=1S/C21H31N3OS/c1-21(2,3)14-7-8-16-17(12-14)26-20-18(16)19(22-13-23-20)24-10-5-4-6-15(24)9-11-25/h13-15,25H,4-12H2,1-3H3. The molecule has 0 bridgehead atoms. The van der Waals surface area contributed by atoms with Crippen LogP contribution in [0.5, 0.6) is 0 Å². The summed E-state index contributed by atoms with van der Waals surface area (Å²) in [5.74, 6) is 1.87. The van der Waals surface area contributed by atoms with Gasteiger partial charge in [-0.1, -0.05) is 20.8 Å². The van der Waals surface area contributed by atoms with Crippen molar-refractivity contribution in [2.45, 2.75) is 71.8 Å². The van der Waals surface area contributed by atoms with Gasteiger partial charge in [-0.2, -0.15) is 0 Å². The van der Waals surface area contributed by atoms with Crippen molar-refractivity contribution in [1.82, 2.24) is 9.97 Å². The maximum absolute atomic E-state index is 9.50. The monoisotopic (exact) mass is 373 g/mol. The number of hydrogen-bond acceptors (Lipinski definition) is 5. The van der Waals surface area contributed by atoms with Gasteiger partial charge in [-0.05, 0) is 61.8 Å². The van der Waals surface area contributed by atoms with E-state index in [1.807, 2.05) is 11.3 Å². The Morgan fingerprint density at radius 3 is 2.85 bits per heavy atom. The largest absolute Gasteiger partial charge is 0.396 e. The van der Waals surface area contributed by atoms with Gasteiger partial charge in [0.2, 0.25) is 0 Å². The predicted octanol–water partition coefficient (Wildman–Crippen LogP) is 4.58. The van der Waals surface area contributed by atoms with Crippen LogP contribution in [0.3, 0.4) is 0 Å². The number of aliphatic hydroxyl groups excluding tert-OH is 1. The van der Waals surface area contributed by atoms with Gasteiger partial charge in [0.05, 0.1) is 5.39 Å². The highest BCUT2D eigenvalue weighted by Crippen LogP contribution is 2.45. The van der Waals surface area contributed by atoms with Crippen molar-refractivity contribution in [2.75, 3.05) is 18.1 Å². The zero-order valence-electron chi connectivity index (χ0n) is 16.3. The minimum Gasteiger partial charge on any atom is -0.396 e. The summed E-state index contributed by atoms with van der Waals surface area (Å²) in [7, 11) is 0. The van der Waals surface area contributed by atoms with Gasteiger partial charge in [0.15, 0.2) is 0 Å². The molecule has 142 valence electrons. The molecule has 2 aliphatic rings. The minimum atomic E-state index is 0.254. The van der Waals surface area contributed by atoms with Gasteiger partial charge in [-0.15, -0.1) is 11.3 Å². The third-order valence-corrected chi connectivity index (χ3v) is 7.57. The van der Waals surface area contributed by atoms with E-state index in [4.69, 9.17) is 4.98 Å². The van der Waals surface area contributed by atoms with Crippen molar-refractivity contribution in [3.8, 4) is 0 Å². The van der Waals surface area contributed by atoms with Gasteiger partial charge in [-0.25, -0.2) is 9.97 Å². The second kappa shape index (κ2) is 7.08. The van der Waals surface area contributed by atoms with E-state index in [2.05, 4.69) is 30.7 Å². The van der Waals surface area contributed by atoms with Gasteiger partial charge in [0.1, 0.15) is 17.0 Å². The molecule has 0 saturated carbocycles. The second-order valence-electron chi connectivity index (χ2n) is 9.04. The lowest BCUT2D eigenvalue weighted by atomic mass is 9.72. The second-order valence-corrected chi connectivity index (χ2v) is 10.1. The van der Waals surface area contributed by atoms with Gasteiger partial charge >= 0.3 is 0 Å². The first-order valence-corrected chi connectivity index (χ1v) is 10.9. The molecule has 26 heavy (non-hydrogen) atoms. The fourth-order valence-electron chi connectivity index (χ4n) is 4.78. The highest BCUT2D eigenvalue weighted by atomic mass is 32.1. The Morgan fingerprint density at radius 2 is 2.08 bits per heavy atom. The molecule has 4 nitrogen and oxygen atoms in total. The van der Waals surface area contributed by atoms with E-state index in [1.165, 1.54) is 41.5 Å². The Balaban J connectivity index is 1.75. The Bertz CT molecular complexity index is 777. The van der Waals surface area contributed by atoms with Crippen molar-refractivity contribution in [3.63, 3.8) is 0 Å². The highest BCUT2D eigenvalue weighted by Gasteiger charge is 2.33. The van der Waals surface area contributed by atoms with Crippen LogP contribution < -0.4 is 4.90 Å². The molecule has 1 aliphatic heterocycles. The number of piperidine rings is 1. The quantitative estimate of drug-likeness (QED) is 0.855. The first-order chi connectivity index (χ1) is 12.5. The molecule has 5 heteroatoms. The van der Waals surface area contributed by atoms with Crippen LogP contribution in [0.1, 0.15) is 63.3 Å². The van der Waals surface area contributed by atoms with E-state index in [0.717, 1.165) is 42.4 Å². The number of rotatable bonds is 3. The van der Waals surface area contributed by atoms with E-state index < -0.39 is 0 Å². The molecule has 2 aromatic rings. The van der Waals surface area contributed by atoms with Gasteiger partial charge in [-0.3, -0.25) is 0 Å². The third kappa shape index (κ3) is 3.24. The molecular formula is C21H31N3OS. The Kier molecular flexibility index (Phi) is 4.95. The van der Waals surface area contributed by atoms with Crippen LogP contribution in [0.25, 0.3) is 10.2 Å². The van der Waals surface area contributed by atoms with E-state index in [-0.39, 0.29) is 6.61 Å². The number of anilines is 1. The van der Waals surface area contributed by atoms with Crippen LogP contribution in [0, 0.1) is 11.3 Å². The van der Waals surface area contributed by atoms with Crippen LogP contribution in [-0.4, -0.2) is 34.3 Å². The van der Waals surface area contributed by atoms with E-state index in [0.29, 0.717) is 11.5 Å². The minimum absolute atomic E-state index is 0.254. The van der Waals surface area contributed by atoms with E-state index in [9.17, 15) is 5.11 Å². The van der Waals surface area contributed by atoms with Crippen molar-refractivity contribution < 1.29 is 5.11 Å². The lowest BCUT2D eigenvalue weighted by molar-refractivity contribution is 0.218. The molecule has 1 N–H and O–H groups in total. The average molecular weight is 374 g/mol. The summed E-state index contributed by atoms with van der Waals surface area (Å²) in [4.78, 5) is 14.5. The molecule has 1 aliphatic carbocycles. The maximum Gasteiger partial charge on any atom is 0.141 e. The summed E-state index contributed by atoms with van der Waals surface area (Å²) in [6.45, 7) is 8.41. The van der Waals surface area contributed by atoms with Crippen molar-refractivity contribution >= 4 is 27.4 Å². The summed E-state index contributed by atoms with van der Waals surface area (Å²) >= 11 is 1.89.